The number of fused-ring (bicyclic) bond motifs is 2. The molecule has 8 rings (SSSR count). The highest BCUT2D eigenvalue weighted by atomic mass is 19.3. The highest BCUT2D eigenvalue weighted by molar-refractivity contribution is 6.15. The molecule has 2 aliphatic heterocycles. The third-order valence-electron chi connectivity index (χ3n) is 11.8. The van der Waals surface area contributed by atoms with Crippen molar-refractivity contribution in [3.8, 4) is 45.3 Å². The van der Waals surface area contributed by atoms with Gasteiger partial charge in [-0.1, -0.05) is 58.8 Å². The Morgan fingerprint density at radius 2 is 0.929 bits per heavy atom. The van der Waals surface area contributed by atoms with E-state index in [0.29, 0.717) is 58.0 Å². The van der Waals surface area contributed by atoms with Crippen molar-refractivity contribution < 1.29 is 55.1 Å². The summed E-state index contributed by atoms with van der Waals surface area (Å²) in [6, 6.07) is 20.1. The van der Waals surface area contributed by atoms with E-state index in [1.54, 1.807) is 12.1 Å². The van der Waals surface area contributed by atoms with Gasteiger partial charge >= 0.3 is 25.3 Å². The Hall–Kier alpha value is -7.90. The molecule has 0 saturated carbocycles. The van der Waals surface area contributed by atoms with Crippen LogP contribution in [0.15, 0.2) is 92.0 Å². The van der Waals surface area contributed by atoms with Crippen LogP contribution in [-0.4, -0.2) is 97.4 Å². The third kappa shape index (κ3) is 10.4. The molecule has 0 radical (unpaired) electrons. The molecule has 4 aromatic carbocycles. The first-order chi connectivity index (χ1) is 33.5. The number of rotatable bonds is 10. The maximum absolute atomic E-state index is 13.0. The quantitative estimate of drug-likeness (QED) is 0.126. The topological polar surface area (TPSA) is 178 Å². The lowest BCUT2D eigenvalue weighted by Crippen LogP contribution is -2.41. The van der Waals surface area contributed by atoms with E-state index in [1.807, 2.05) is 90.1 Å². The first kappa shape index (κ1) is 50.0. The average Bonchev–Trinajstić information content (AvgIpc) is 3.76. The van der Waals surface area contributed by atoms with E-state index in [2.05, 4.69) is 30.4 Å². The van der Waals surface area contributed by atoms with E-state index in [4.69, 9.17) is 28.7 Å². The van der Waals surface area contributed by atoms with Crippen LogP contribution < -0.4 is 29.6 Å². The molecule has 2 N–H and O–H groups in total. The third-order valence-corrected chi connectivity index (χ3v) is 11.8. The van der Waals surface area contributed by atoms with Gasteiger partial charge < -0.3 is 38.6 Å². The van der Waals surface area contributed by atoms with Gasteiger partial charge in [-0.15, -0.1) is 0 Å². The molecule has 4 amide bonds. The lowest BCUT2D eigenvalue weighted by molar-refractivity contribution is -0.0518. The fraction of sp³-hybridized carbons (Fsp3) is 0.320. The molecule has 0 bridgehead atoms. The number of methoxy groups -OCH3 is 2. The number of hydrogen-bond donors (Lipinski definition) is 2. The molecule has 0 saturated heterocycles. The van der Waals surface area contributed by atoms with Crippen LogP contribution in [0, 0.1) is 27.7 Å². The van der Waals surface area contributed by atoms with Crippen LogP contribution in [0.1, 0.15) is 70.1 Å². The number of hydrazone groups is 2. The minimum atomic E-state index is -3.00. The first-order valence-electron chi connectivity index (χ1n) is 22.0. The van der Waals surface area contributed by atoms with Crippen molar-refractivity contribution >= 4 is 23.5 Å². The number of alkyl halides is 4. The summed E-state index contributed by atoms with van der Waals surface area (Å²) in [5.41, 5.74) is 10.4. The van der Waals surface area contributed by atoms with Gasteiger partial charge in [0.05, 0.1) is 49.1 Å². The summed E-state index contributed by atoms with van der Waals surface area (Å²) in [4.78, 5) is 25.2. The predicted octanol–water partition coefficient (Wildman–Crippen LogP) is 9.81. The second-order valence-electron chi connectivity index (χ2n) is 16.4. The number of carbonyl (C=O) groups is 2. The maximum Gasteiger partial charge on any atom is 0.387 e. The molecular weight excluding hydrogens is 917 g/mol. The number of nitrogens with zero attached hydrogens (tertiary/aromatic N) is 6. The van der Waals surface area contributed by atoms with Gasteiger partial charge in [-0.05, 0) is 101 Å². The number of halogens is 4. The van der Waals surface area contributed by atoms with Crippen molar-refractivity contribution in [2.75, 3.05) is 28.3 Å². The number of aromatic nitrogens is 2. The van der Waals surface area contributed by atoms with Gasteiger partial charge in [0.15, 0.2) is 23.0 Å². The first-order valence-corrected chi connectivity index (χ1v) is 22.0. The normalized spacial score (nSPS) is 15.4. The van der Waals surface area contributed by atoms with Gasteiger partial charge in [-0.3, -0.25) is 0 Å². The van der Waals surface area contributed by atoms with Crippen LogP contribution in [0.5, 0.6) is 23.0 Å². The minimum Gasteiger partial charge on any atom is -0.493 e. The monoisotopic (exact) mass is 968 g/mol. The van der Waals surface area contributed by atoms with Gasteiger partial charge in [0.1, 0.15) is 11.5 Å². The zero-order valence-corrected chi connectivity index (χ0v) is 40.1. The Labute approximate surface area is 401 Å². The van der Waals surface area contributed by atoms with Crippen LogP contribution in [0.2, 0.25) is 0 Å². The lowest BCUT2D eigenvalue weighted by atomic mass is 9.93. The van der Waals surface area contributed by atoms with Crippen molar-refractivity contribution in [3.05, 3.63) is 129 Å². The van der Waals surface area contributed by atoms with Crippen molar-refractivity contribution in [2.45, 2.75) is 79.7 Å². The molecule has 2 aromatic heterocycles. The van der Waals surface area contributed by atoms with E-state index >= 15 is 0 Å². The van der Waals surface area contributed by atoms with Gasteiger partial charge in [-0.25, -0.2) is 19.6 Å². The summed E-state index contributed by atoms with van der Waals surface area (Å²) in [5.74, 6) is 1.56. The number of ether oxygens (including phenoxy) is 4. The Bertz CT molecular complexity index is 2700. The summed E-state index contributed by atoms with van der Waals surface area (Å²) in [6.45, 7) is 5.12. The fourth-order valence-electron chi connectivity index (χ4n) is 8.53. The summed E-state index contributed by atoms with van der Waals surface area (Å²) in [6.07, 6.45) is 0.743. The zero-order chi connectivity index (χ0) is 50.6. The van der Waals surface area contributed by atoms with Crippen molar-refractivity contribution in [1.29, 1.82) is 0 Å². The van der Waals surface area contributed by atoms with Crippen LogP contribution in [-0.2, 0) is 12.8 Å². The van der Waals surface area contributed by atoms with E-state index < -0.39 is 13.2 Å². The highest BCUT2D eigenvalue weighted by Crippen LogP contribution is 2.38. The molecule has 6 aromatic rings. The average molecular weight is 969 g/mol. The second-order valence-corrected chi connectivity index (χ2v) is 16.4. The molecular formula is C50H52F4N8O8. The van der Waals surface area contributed by atoms with E-state index in [0.717, 1.165) is 44.8 Å². The largest absolute Gasteiger partial charge is 0.493 e. The van der Waals surface area contributed by atoms with Crippen LogP contribution >= 0.6 is 0 Å². The number of aryl methyl sites for hydroxylation is 4. The van der Waals surface area contributed by atoms with Crippen molar-refractivity contribution in [2.24, 2.45) is 10.2 Å². The lowest BCUT2D eigenvalue weighted by Gasteiger charge is -2.22. The molecule has 2 aliphatic rings. The number of hydrogen-bond acceptors (Lipinski definition) is 12. The van der Waals surface area contributed by atoms with E-state index in [1.165, 1.54) is 50.5 Å². The van der Waals surface area contributed by atoms with Crippen molar-refractivity contribution in [3.63, 3.8) is 0 Å². The SMILES string of the molecule is CNC(=O)N1N=C(c2ccc(-c3c(C)noc3C)cc2)c2cc(OC)c(OC(F)F)cc2C[C@@H]1C.CNC(=O)N1N=C(c2ccc(-c3c(C)noc3C)cc2)c2cc(OC)c(OC(F)F)cc2C[C@H]1C. The van der Waals surface area contributed by atoms with Gasteiger partial charge in [0.25, 0.3) is 0 Å². The van der Waals surface area contributed by atoms with E-state index in [9.17, 15) is 27.2 Å². The molecule has 70 heavy (non-hydrogen) atoms. The van der Waals surface area contributed by atoms with Crippen LogP contribution in [0.4, 0.5) is 27.2 Å². The van der Waals surface area contributed by atoms with Gasteiger partial charge in [0, 0.05) is 47.5 Å². The smallest absolute Gasteiger partial charge is 0.387 e. The Morgan fingerprint density at radius 3 is 1.21 bits per heavy atom. The minimum absolute atomic E-state index is 0.0741. The van der Waals surface area contributed by atoms with Crippen LogP contribution in [0.3, 0.4) is 0 Å². The summed E-state index contributed by atoms with van der Waals surface area (Å²) in [5, 5.41) is 25.3. The Kier molecular flexibility index (Phi) is 15.1. The Morgan fingerprint density at radius 1 is 0.586 bits per heavy atom. The number of benzene rings is 4. The molecule has 0 fully saturated rings. The summed E-state index contributed by atoms with van der Waals surface area (Å²) < 4.78 is 82.7. The maximum atomic E-state index is 13.0. The second kappa shape index (κ2) is 21.2. The molecule has 20 heteroatoms. The number of carbonyl (C=O) groups excluding carboxylic acids is 2. The molecule has 0 unspecified atom stereocenters. The predicted molar refractivity (Wildman–Crippen MR) is 252 cm³/mol. The van der Waals surface area contributed by atoms with Crippen molar-refractivity contribution in [1.82, 2.24) is 31.0 Å². The highest BCUT2D eigenvalue weighted by Gasteiger charge is 2.31. The summed E-state index contributed by atoms with van der Waals surface area (Å²) in [7, 11) is 5.81. The molecule has 368 valence electrons. The van der Waals surface area contributed by atoms with Gasteiger partial charge in [0.2, 0.25) is 0 Å². The standard InChI is InChI=1S/2C25H26F2N4O4/c2*1-13-10-18-11-21(34-24(26)27)20(33-5)12-19(18)23(29-31(13)25(32)28-4)17-8-6-16(7-9-17)22-14(2)30-35-15(22)3/h2*6-9,11-13,24H,10H2,1-5H3,(H,28,32)/t2*13-/m10/s1. The number of amides is 4. The fourth-order valence-corrected chi connectivity index (χ4v) is 8.53. The summed E-state index contributed by atoms with van der Waals surface area (Å²) >= 11 is 0. The number of urea groups is 2. The molecule has 0 spiro atoms. The molecule has 4 heterocycles. The van der Waals surface area contributed by atoms with Crippen LogP contribution in [0.25, 0.3) is 22.3 Å². The molecule has 16 nitrogen and oxygen atoms in total. The number of nitrogens with one attached hydrogen (secondary N) is 2. The van der Waals surface area contributed by atoms with Gasteiger partial charge in [-0.2, -0.15) is 27.8 Å². The molecule has 0 aliphatic carbocycles. The Balaban J connectivity index is 0.000000206. The zero-order valence-electron chi connectivity index (χ0n) is 40.1. The molecule has 2 atom stereocenters. The van der Waals surface area contributed by atoms with E-state index in [-0.39, 0.29) is 47.1 Å².